The van der Waals surface area contributed by atoms with E-state index in [2.05, 4.69) is 5.32 Å². The zero-order chi connectivity index (χ0) is 14.8. The number of aryl methyl sites for hydroxylation is 1. The molecule has 0 bridgehead atoms. The second-order valence-electron chi connectivity index (χ2n) is 6.25. The maximum atomic E-state index is 14.2. The van der Waals surface area contributed by atoms with Crippen LogP contribution in [-0.4, -0.2) is 36.5 Å². The Bertz CT molecular complexity index is 526. The van der Waals surface area contributed by atoms with Gasteiger partial charge in [-0.15, -0.1) is 0 Å². The first-order chi connectivity index (χ1) is 10.2. The summed E-state index contributed by atoms with van der Waals surface area (Å²) in [4.78, 5) is 14.7. The van der Waals surface area contributed by atoms with Crippen molar-refractivity contribution < 1.29 is 9.18 Å². The summed E-state index contributed by atoms with van der Waals surface area (Å²) in [6.07, 6.45) is 4.41. The van der Waals surface area contributed by atoms with E-state index < -0.39 is 0 Å². The molecule has 3 nitrogen and oxygen atoms in total. The van der Waals surface area contributed by atoms with Crippen molar-refractivity contribution in [3.63, 3.8) is 0 Å². The highest BCUT2D eigenvalue weighted by Gasteiger charge is 2.36. The van der Waals surface area contributed by atoms with Gasteiger partial charge in [0, 0.05) is 12.6 Å². The topological polar surface area (TPSA) is 32.3 Å². The quantitative estimate of drug-likeness (QED) is 0.908. The summed E-state index contributed by atoms with van der Waals surface area (Å²) in [5.41, 5.74) is 0.765. The molecule has 21 heavy (non-hydrogen) atoms. The number of amides is 1. The van der Waals surface area contributed by atoms with Crippen LogP contribution in [-0.2, 0) is 0 Å². The van der Waals surface area contributed by atoms with Gasteiger partial charge in [-0.25, -0.2) is 4.39 Å². The second-order valence-corrected chi connectivity index (χ2v) is 6.25. The fraction of sp³-hybridized carbons (Fsp3) is 0.588. The number of hydrogen-bond acceptors (Lipinski definition) is 2. The molecule has 1 N–H and O–H groups in total. The van der Waals surface area contributed by atoms with Gasteiger partial charge in [-0.05, 0) is 63.2 Å². The molecule has 2 unspecified atom stereocenters. The number of nitrogens with one attached hydrogen (secondary N) is 1. The van der Waals surface area contributed by atoms with Crippen LogP contribution in [0.2, 0.25) is 0 Å². The first-order valence-corrected chi connectivity index (χ1v) is 7.95. The molecule has 0 radical (unpaired) electrons. The first-order valence-electron chi connectivity index (χ1n) is 7.95. The zero-order valence-corrected chi connectivity index (χ0v) is 12.6. The smallest absolute Gasteiger partial charge is 0.257 e. The minimum atomic E-state index is -0.366. The molecule has 114 valence electrons. The molecule has 2 fully saturated rings. The Kier molecular flexibility index (Phi) is 4.24. The molecule has 0 aliphatic carbocycles. The molecule has 2 atom stereocenters. The van der Waals surface area contributed by atoms with E-state index in [0.717, 1.165) is 38.9 Å². The van der Waals surface area contributed by atoms with Crippen LogP contribution in [0.25, 0.3) is 0 Å². The summed E-state index contributed by atoms with van der Waals surface area (Å²) in [7, 11) is 0. The van der Waals surface area contributed by atoms with E-state index in [1.54, 1.807) is 25.1 Å². The predicted molar refractivity (Wildman–Crippen MR) is 80.8 cm³/mol. The third-order valence-electron chi connectivity index (χ3n) is 4.86. The second kappa shape index (κ2) is 6.14. The predicted octanol–water partition coefficient (Wildman–Crippen LogP) is 2.74. The lowest BCUT2D eigenvalue weighted by Crippen LogP contribution is -2.45. The normalized spacial score (nSPS) is 26.1. The van der Waals surface area contributed by atoms with Gasteiger partial charge in [0.25, 0.3) is 5.91 Å². The van der Waals surface area contributed by atoms with Crippen molar-refractivity contribution in [2.75, 3.05) is 19.6 Å². The van der Waals surface area contributed by atoms with Gasteiger partial charge in [0.2, 0.25) is 0 Å². The van der Waals surface area contributed by atoms with E-state index in [4.69, 9.17) is 0 Å². The monoisotopic (exact) mass is 290 g/mol. The van der Waals surface area contributed by atoms with E-state index in [1.165, 1.54) is 6.42 Å². The Hall–Kier alpha value is -1.42. The Morgan fingerprint density at radius 2 is 2.19 bits per heavy atom. The number of halogens is 1. The van der Waals surface area contributed by atoms with Gasteiger partial charge in [0.15, 0.2) is 0 Å². The van der Waals surface area contributed by atoms with Crippen LogP contribution in [0.4, 0.5) is 4.39 Å². The Labute approximate surface area is 125 Å². The van der Waals surface area contributed by atoms with Crippen molar-refractivity contribution in [2.24, 2.45) is 5.92 Å². The van der Waals surface area contributed by atoms with Crippen molar-refractivity contribution in [3.05, 3.63) is 35.1 Å². The molecule has 0 spiro atoms. The van der Waals surface area contributed by atoms with Crippen molar-refractivity contribution in [3.8, 4) is 0 Å². The molecule has 1 aromatic carbocycles. The zero-order valence-electron chi connectivity index (χ0n) is 12.6. The van der Waals surface area contributed by atoms with Crippen LogP contribution in [0.1, 0.15) is 41.6 Å². The lowest BCUT2D eigenvalue weighted by molar-refractivity contribution is 0.0666. The molecule has 0 saturated carbocycles. The number of rotatable bonds is 2. The highest BCUT2D eigenvalue weighted by Crippen LogP contribution is 2.30. The molecule has 1 amide bonds. The lowest BCUT2D eigenvalue weighted by Gasteiger charge is -2.34. The molecule has 1 aromatic rings. The molecule has 2 saturated heterocycles. The number of carbonyl (C=O) groups excluding carboxylic acids is 1. The van der Waals surface area contributed by atoms with E-state index in [-0.39, 0.29) is 23.3 Å². The van der Waals surface area contributed by atoms with Crippen molar-refractivity contribution >= 4 is 5.91 Å². The fourth-order valence-electron chi connectivity index (χ4n) is 3.71. The lowest BCUT2D eigenvalue weighted by atomic mass is 9.90. The average molecular weight is 290 g/mol. The van der Waals surface area contributed by atoms with Crippen LogP contribution in [0.15, 0.2) is 18.2 Å². The van der Waals surface area contributed by atoms with Gasteiger partial charge in [-0.1, -0.05) is 12.1 Å². The Morgan fingerprint density at radius 3 is 2.95 bits per heavy atom. The number of benzene rings is 1. The van der Waals surface area contributed by atoms with Crippen LogP contribution in [0, 0.1) is 18.7 Å². The summed E-state index contributed by atoms with van der Waals surface area (Å²) < 4.78 is 14.2. The molecular weight excluding hydrogens is 267 g/mol. The van der Waals surface area contributed by atoms with Crippen LogP contribution in [0.5, 0.6) is 0 Å². The fourth-order valence-corrected chi connectivity index (χ4v) is 3.71. The minimum absolute atomic E-state index is 0.135. The third kappa shape index (κ3) is 2.82. The Balaban J connectivity index is 1.81. The van der Waals surface area contributed by atoms with Gasteiger partial charge in [-0.2, -0.15) is 0 Å². The van der Waals surface area contributed by atoms with Crippen LogP contribution >= 0.6 is 0 Å². The number of likely N-dealkylation sites (tertiary alicyclic amines) is 1. The molecule has 4 heteroatoms. The largest absolute Gasteiger partial charge is 0.335 e. The van der Waals surface area contributed by atoms with E-state index in [0.29, 0.717) is 11.5 Å². The number of carbonyl (C=O) groups is 1. The molecular formula is C17H23FN2O. The maximum Gasteiger partial charge on any atom is 0.257 e. The van der Waals surface area contributed by atoms with Crippen LogP contribution < -0.4 is 5.32 Å². The molecule has 3 rings (SSSR count). The summed E-state index contributed by atoms with van der Waals surface area (Å²) in [6, 6.07) is 5.35. The molecule has 2 heterocycles. The molecule has 2 aliphatic heterocycles. The van der Waals surface area contributed by atoms with Crippen molar-refractivity contribution in [1.29, 1.82) is 0 Å². The summed E-state index contributed by atoms with van der Waals surface area (Å²) in [5, 5.41) is 3.42. The maximum absolute atomic E-state index is 14.2. The van der Waals surface area contributed by atoms with Gasteiger partial charge < -0.3 is 10.2 Å². The molecule has 2 aliphatic rings. The average Bonchev–Trinajstić information content (AvgIpc) is 3.00. The van der Waals surface area contributed by atoms with Gasteiger partial charge >= 0.3 is 0 Å². The number of piperidine rings is 1. The number of hydrogen-bond donors (Lipinski definition) is 1. The Morgan fingerprint density at radius 1 is 1.33 bits per heavy atom. The third-order valence-corrected chi connectivity index (χ3v) is 4.86. The van der Waals surface area contributed by atoms with Crippen LogP contribution in [0.3, 0.4) is 0 Å². The number of nitrogens with zero attached hydrogens (tertiary/aromatic N) is 1. The van der Waals surface area contributed by atoms with E-state index in [9.17, 15) is 9.18 Å². The van der Waals surface area contributed by atoms with E-state index in [1.807, 2.05) is 4.90 Å². The summed E-state index contributed by atoms with van der Waals surface area (Å²) in [6.45, 7) is 4.51. The standard InChI is InChI=1S/C17H23FN2O/c1-12-5-2-7-14(16(12)18)17(21)20-10-4-8-15(20)13-6-3-9-19-11-13/h2,5,7,13,15,19H,3-4,6,8-11H2,1H3. The van der Waals surface area contributed by atoms with Crippen molar-refractivity contribution in [2.45, 2.75) is 38.6 Å². The van der Waals surface area contributed by atoms with Gasteiger partial charge in [-0.3, -0.25) is 4.79 Å². The highest BCUT2D eigenvalue weighted by atomic mass is 19.1. The summed E-state index contributed by atoms with van der Waals surface area (Å²) >= 11 is 0. The van der Waals surface area contributed by atoms with Gasteiger partial charge in [0.05, 0.1) is 5.56 Å². The minimum Gasteiger partial charge on any atom is -0.335 e. The highest BCUT2D eigenvalue weighted by molar-refractivity contribution is 5.95. The molecule has 0 aromatic heterocycles. The summed E-state index contributed by atoms with van der Waals surface area (Å²) in [5.74, 6) is 0.0114. The van der Waals surface area contributed by atoms with Gasteiger partial charge in [0.1, 0.15) is 5.82 Å². The SMILES string of the molecule is Cc1cccc(C(=O)N2CCCC2C2CCCNC2)c1F. The van der Waals surface area contributed by atoms with Crippen molar-refractivity contribution in [1.82, 2.24) is 10.2 Å². The van der Waals surface area contributed by atoms with E-state index >= 15 is 0 Å². The first kappa shape index (κ1) is 14.5.